The zero-order chi connectivity index (χ0) is 19.7. The lowest BCUT2D eigenvalue weighted by Crippen LogP contribution is -3.27. The van der Waals surface area contributed by atoms with Crippen molar-refractivity contribution in [3.8, 4) is 16.9 Å². The first-order valence-electron chi connectivity index (χ1n) is 9.77. The molecule has 1 saturated heterocycles. The molecule has 1 aliphatic heterocycles. The van der Waals surface area contributed by atoms with E-state index in [-0.39, 0.29) is 5.75 Å². The third-order valence-electron chi connectivity index (χ3n) is 5.73. The monoisotopic (exact) mass is 400 g/mol. The van der Waals surface area contributed by atoms with E-state index in [2.05, 4.69) is 6.92 Å². The lowest BCUT2D eigenvalue weighted by molar-refractivity contribution is -1.02. The molecule has 0 radical (unpaired) electrons. The Hall–Kier alpha value is -2.34. The highest BCUT2D eigenvalue weighted by Gasteiger charge is 2.24. The van der Waals surface area contributed by atoms with Gasteiger partial charge in [-0.2, -0.15) is 0 Å². The smallest absolute Gasteiger partial charge is 0.344 e. The number of phenolic OH excluding ortho intramolecular Hbond substituents is 1. The fraction of sp³-hybridized carbons (Fsp3) is 0.318. The zero-order valence-corrected chi connectivity index (χ0v) is 16.7. The molecule has 0 unspecified atom stereocenters. The van der Waals surface area contributed by atoms with Crippen molar-refractivity contribution in [2.45, 2.75) is 13.5 Å². The predicted octanol–water partition coefficient (Wildman–Crippen LogP) is 1.12. The van der Waals surface area contributed by atoms with Crippen LogP contribution < -0.4 is 15.4 Å². The second-order valence-electron chi connectivity index (χ2n) is 7.47. The average Bonchev–Trinajstić information content (AvgIpc) is 2.71. The van der Waals surface area contributed by atoms with Crippen LogP contribution in [0.15, 0.2) is 51.7 Å². The standard InChI is InChI=1S/C22H23ClN2O3/c1-2-24-9-11-25(12-10-24)14-19-20(26)8-5-16-13-18(22(27)28-21(16)19)15-3-6-17(23)7-4-15/h3-8,13,26H,2,9-12,14H2,1H3/p+2. The Balaban J connectivity index is 1.70. The van der Waals surface area contributed by atoms with Crippen molar-refractivity contribution in [3.05, 3.63) is 63.5 Å². The fourth-order valence-corrected chi connectivity index (χ4v) is 4.10. The maximum atomic E-state index is 12.7. The van der Waals surface area contributed by atoms with Crippen LogP contribution >= 0.6 is 11.6 Å². The second kappa shape index (κ2) is 7.95. The summed E-state index contributed by atoms with van der Waals surface area (Å²) in [4.78, 5) is 15.7. The minimum Gasteiger partial charge on any atom is -0.507 e. The number of aromatic hydroxyl groups is 1. The summed E-state index contributed by atoms with van der Waals surface area (Å²) in [6, 6.07) is 12.4. The lowest BCUT2D eigenvalue weighted by atomic mass is 10.0. The van der Waals surface area contributed by atoms with Crippen molar-refractivity contribution >= 4 is 22.6 Å². The lowest BCUT2D eigenvalue weighted by Gasteiger charge is -2.29. The van der Waals surface area contributed by atoms with Crippen molar-refractivity contribution in [2.24, 2.45) is 0 Å². The number of benzene rings is 2. The summed E-state index contributed by atoms with van der Waals surface area (Å²) in [5.41, 5.74) is 2.05. The quantitative estimate of drug-likeness (QED) is 0.575. The van der Waals surface area contributed by atoms with Crippen molar-refractivity contribution in [1.82, 2.24) is 0 Å². The topological polar surface area (TPSA) is 59.3 Å². The van der Waals surface area contributed by atoms with Crippen molar-refractivity contribution in [2.75, 3.05) is 32.7 Å². The maximum Gasteiger partial charge on any atom is 0.344 e. The van der Waals surface area contributed by atoms with Crippen LogP contribution in [0.5, 0.6) is 5.75 Å². The van der Waals surface area contributed by atoms with Crippen LogP contribution in [0.4, 0.5) is 0 Å². The van der Waals surface area contributed by atoms with Gasteiger partial charge in [0.25, 0.3) is 0 Å². The van der Waals surface area contributed by atoms with Gasteiger partial charge in [0.05, 0.1) is 17.7 Å². The molecule has 2 aromatic carbocycles. The first kappa shape index (κ1) is 19.0. The largest absolute Gasteiger partial charge is 0.507 e. The number of rotatable bonds is 4. The molecule has 6 heteroatoms. The molecule has 3 aromatic rings. The van der Waals surface area contributed by atoms with Crippen LogP contribution in [-0.2, 0) is 6.54 Å². The molecule has 4 rings (SSSR count). The molecule has 0 spiro atoms. The van der Waals surface area contributed by atoms with Gasteiger partial charge in [0, 0.05) is 10.4 Å². The highest BCUT2D eigenvalue weighted by Crippen LogP contribution is 2.29. The summed E-state index contributed by atoms with van der Waals surface area (Å²) in [5.74, 6) is 0.188. The molecular weight excluding hydrogens is 376 g/mol. The number of piperazine rings is 1. The summed E-state index contributed by atoms with van der Waals surface area (Å²) in [5, 5.41) is 11.9. The van der Waals surface area contributed by atoms with E-state index in [0.717, 1.165) is 43.7 Å². The van der Waals surface area contributed by atoms with Crippen LogP contribution in [0.25, 0.3) is 22.1 Å². The summed E-state index contributed by atoms with van der Waals surface area (Å²) in [6.45, 7) is 8.37. The van der Waals surface area contributed by atoms with Gasteiger partial charge in [-0.25, -0.2) is 4.79 Å². The number of fused-ring (bicyclic) bond motifs is 1. The molecule has 146 valence electrons. The van der Waals surface area contributed by atoms with Crippen LogP contribution in [0.2, 0.25) is 5.02 Å². The summed E-state index contributed by atoms with van der Waals surface area (Å²) in [7, 11) is 0. The Morgan fingerprint density at radius 2 is 1.71 bits per heavy atom. The third kappa shape index (κ3) is 3.78. The number of hydrogen-bond acceptors (Lipinski definition) is 3. The van der Waals surface area contributed by atoms with Gasteiger partial charge < -0.3 is 19.3 Å². The first-order chi connectivity index (χ1) is 13.5. The van der Waals surface area contributed by atoms with E-state index in [1.54, 1.807) is 41.3 Å². The van der Waals surface area contributed by atoms with Gasteiger partial charge in [-0.15, -0.1) is 0 Å². The van der Waals surface area contributed by atoms with Gasteiger partial charge >= 0.3 is 5.63 Å². The Labute approximate surface area is 168 Å². The Morgan fingerprint density at radius 3 is 2.39 bits per heavy atom. The molecule has 3 N–H and O–H groups in total. The normalized spacial score (nSPS) is 19.8. The molecule has 1 fully saturated rings. The molecule has 0 bridgehead atoms. The number of phenols is 1. The van der Waals surface area contributed by atoms with E-state index in [1.807, 2.05) is 6.07 Å². The van der Waals surface area contributed by atoms with Gasteiger partial charge in [0.1, 0.15) is 38.5 Å². The van der Waals surface area contributed by atoms with Crippen LogP contribution in [0.1, 0.15) is 12.5 Å². The highest BCUT2D eigenvalue weighted by atomic mass is 35.5. The molecule has 28 heavy (non-hydrogen) atoms. The Morgan fingerprint density at radius 1 is 1.04 bits per heavy atom. The van der Waals surface area contributed by atoms with Crippen LogP contribution in [-0.4, -0.2) is 37.8 Å². The summed E-state index contributed by atoms with van der Waals surface area (Å²) >= 11 is 5.95. The van der Waals surface area contributed by atoms with Crippen molar-refractivity contribution in [1.29, 1.82) is 0 Å². The highest BCUT2D eigenvalue weighted by molar-refractivity contribution is 6.30. The van der Waals surface area contributed by atoms with E-state index in [1.165, 1.54) is 4.90 Å². The van der Waals surface area contributed by atoms with E-state index >= 15 is 0 Å². The number of hydrogen-bond donors (Lipinski definition) is 3. The average molecular weight is 401 g/mol. The summed E-state index contributed by atoms with van der Waals surface area (Å²) < 4.78 is 5.71. The van der Waals surface area contributed by atoms with Gasteiger partial charge in [0.2, 0.25) is 0 Å². The molecule has 2 heterocycles. The van der Waals surface area contributed by atoms with Gasteiger partial charge in [0.15, 0.2) is 5.58 Å². The molecule has 0 atom stereocenters. The van der Waals surface area contributed by atoms with Gasteiger partial charge in [-0.1, -0.05) is 23.7 Å². The molecule has 1 aromatic heterocycles. The molecule has 0 aliphatic carbocycles. The minimum absolute atomic E-state index is 0.188. The minimum atomic E-state index is -0.406. The van der Waals surface area contributed by atoms with Crippen molar-refractivity contribution < 1.29 is 19.3 Å². The van der Waals surface area contributed by atoms with E-state index in [4.69, 9.17) is 16.0 Å². The zero-order valence-electron chi connectivity index (χ0n) is 15.9. The van der Waals surface area contributed by atoms with Crippen LogP contribution in [0.3, 0.4) is 0 Å². The third-order valence-corrected chi connectivity index (χ3v) is 5.98. The van der Waals surface area contributed by atoms with Gasteiger partial charge in [-0.3, -0.25) is 0 Å². The second-order valence-corrected chi connectivity index (χ2v) is 7.90. The molecular formula is C22H25ClN2O3+2. The maximum absolute atomic E-state index is 12.7. The van der Waals surface area contributed by atoms with Crippen LogP contribution in [0, 0.1) is 0 Å². The Kier molecular flexibility index (Phi) is 5.40. The van der Waals surface area contributed by atoms with E-state index in [9.17, 15) is 9.90 Å². The fourth-order valence-electron chi connectivity index (χ4n) is 3.97. The van der Waals surface area contributed by atoms with Crippen molar-refractivity contribution in [3.63, 3.8) is 0 Å². The molecule has 0 amide bonds. The number of nitrogens with one attached hydrogen (secondary N) is 2. The van der Waals surface area contributed by atoms with Gasteiger partial charge in [-0.05, 0) is 42.8 Å². The van der Waals surface area contributed by atoms with E-state index in [0.29, 0.717) is 28.3 Å². The Bertz CT molecular complexity index is 1040. The summed E-state index contributed by atoms with van der Waals surface area (Å²) in [6.07, 6.45) is 0. The molecule has 0 saturated carbocycles. The first-order valence-corrected chi connectivity index (χ1v) is 10.1. The molecule has 5 nitrogen and oxygen atoms in total. The number of halogens is 1. The molecule has 1 aliphatic rings. The van der Waals surface area contributed by atoms with E-state index < -0.39 is 5.63 Å². The predicted molar refractivity (Wildman–Crippen MR) is 110 cm³/mol. The SMILES string of the molecule is CC[NH+]1CC[NH+](Cc2c(O)ccc3cc(-c4ccc(Cl)cc4)c(=O)oc23)CC1. The number of quaternary nitrogens is 2. The number of likely N-dealkylation sites (N-methyl/N-ethyl adjacent to an activating group) is 1.